The van der Waals surface area contributed by atoms with Crippen LogP contribution in [-0.2, 0) is 13.6 Å². The molecule has 1 saturated carbocycles. The van der Waals surface area contributed by atoms with Gasteiger partial charge in [-0.25, -0.2) is 0 Å². The fourth-order valence-electron chi connectivity index (χ4n) is 2.09. The average molecular weight is 235 g/mol. The van der Waals surface area contributed by atoms with Gasteiger partial charge in [0.05, 0.1) is 0 Å². The zero-order chi connectivity index (χ0) is 11.1. The molecule has 84 valence electrons. The molecule has 1 aromatic carbocycles. The highest BCUT2D eigenvalue weighted by Gasteiger charge is 2.20. The Kier molecular flexibility index (Phi) is 2.41. The molecule has 3 heteroatoms. The maximum Gasteiger partial charge on any atom is 0.0499 e. The molecule has 3 rings (SSSR count). The highest BCUT2D eigenvalue weighted by molar-refractivity contribution is 6.35. The fourth-order valence-corrected chi connectivity index (χ4v) is 2.31. The van der Waals surface area contributed by atoms with Crippen LogP contribution in [0.25, 0.3) is 10.9 Å². The number of nitrogens with one attached hydrogen (secondary N) is 1. The van der Waals surface area contributed by atoms with Crippen molar-refractivity contribution in [1.29, 1.82) is 0 Å². The number of rotatable bonds is 3. The first-order chi connectivity index (χ1) is 7.75. The summed E-state index contributed by atoms with van der Waals surface area (Å²) in [4.78, 5) is 0. The average Bonchev–Trinajstić information content (AvgIpc) is 3.04. The van der Waals surface area contributed by atoms with Crippen LogP contribution in [0.2, 0.25) is 5.02 Å². The molecule has 1 fully saturated rings. The van der Waals surface area contributed by atoms with Crippen molar-refractivity contribution in [2.24, 2.45) is 7.05 Å². The van der Waals surface area contributed by atoms with Gasteiger partial charge in [0.1, 0.15) is 0 Å². The van der Waals surface area contributed by atoms with Crippen LogP contribution in [0.15, 0.2) is 24.3 Å². The van der Waals surface area contributed by atoms with Gasteiger partial charge >= 0.3 is 0 Å². The highest BCUT2D eigenvalue weighted by atomic mass is 35.5. The highest BCUT2D eigenvalue weighted by Crippen LogP contribution is 2.26. The maximum absolute atomic E-state index is 6.18. The lowest BCUT2D eigenvalue weighted by Crippen LogP contribution is -2.17. The third-order valence-corrected chi connectivity index (χ3v) is 3.61. The lowest BCUT2D eigenvalue weighted by Gasteiger charge is -2.04. The summed E-state index contributed by atoms with van der Waals surface area (Å²) < 4.78 is 2.22. The predicted molar refractivity (Wildman–Crippen MR) is 67.8 cm³/mol. The predicted octanol–water partition coefficient (Wildman–Crippen LogP) is 3.08. The van der Waals surface area contributed by atoms with Gasteiger partial charge in [0, 0.05) is 41.3 Å². The number of hydrogen-bond donors (Lipinski definition) is 1. The van der Waals surface area contributed by atoms with Crippen molar-refractivity contribution in [3.63, 3.8) is 0 Å². The zero-order valence-corrected chi connectivity index (χ0v) is 10.1. The Labute approximate surface area is 100 Å². The van der Waals surface area contributed by atoms with E-state index in [2.05, 4.69) is 29.1 Å². The monoisotopic (exact) mass is 234 g/mol. The molecule has 0 unspecified atom stereocenters. The van der Waals surface area contributed by atoms with Gasteiger partial charge in [0.15, 0.2) is 0 Å². The number of nitrogens with zero attached hydrogens (tertiary/aromatic N) is 1. The van der Waals surface area contributed by atoms with Gasteiger partial charge in [-0.2, -0.15) is 0 Å². The molecule has 1 aromatic heterocycles. The van der Waals surface area contributed by atoms with Crippen molar-refractivity contribution in [2.45, 2.75) is 25.4 Å². The van der Waals surface area contributed by atoms with Gasteiger partial charge in [-0.1, -0.05) is 17.7 Å². The van der Waals surface area contributed by atoms with Gasteiger partial charge in [-0.05, 0) is 31.0 Å². The van der Waals surface area contributed by atoms with E-state index in [1.165, 1.54) is 24.1 Å². The minimum absolute atomic E-state index is 0.744. The number of halogens is 1. The molecule has 0 amide bonds. The molecule has 0 atom stereocenters. The second kappa shape index (κ2) is 3.79. The first-order valence-corrected chi connectivity index (χ1v) is 6.10. The van der Waals surface area contributed by atoms with E-state index in [1.54, 1.807) is 0 Å². The molecule has 0 saturated heterocycles. The molecule has 0 bridgehead atoms. The van der Waals surface area contributed by atoms with E-state index in [0.717, 1.165) is 23.0 Å². The molecule has 1 N–H and O–H groups in total. The summed E-state index contributed by atoms with van der Waals surface area (Å²) in [6.45, 7) is 0.937. The smallest absolute Gasteiger partial charge is 0.0499 e. The summed E-state index contributed by atoms with van der Waals surface area (Å²) in [5.41, 5.74) is 2.51. The molecule has 1 aliphatic rings. The van der Waals surface area contributed by atoms with E-state index in [9.17, 15) is 0 Å². The minimum Gasteiger partial charge on any atom is -0.346 e. The first kappa shape index (κ1) is 10.2. The largest absolute Gasteiger partial charge is 0.346 e. The zero-order valence-electron chi connectivity index (χ0n) is 9.33. The molecule has 1 aliphatic carbocycles. The molecule has 0 radical (unpaired) electrons. The Balaban J connectivity index is 1.97. The SMILES string of the molecule is Cn1c(CNC2CC2)cc2c(Cl)cccc21. The van der Waals surface area contributed by atoms with Crippen molar-refractivity contribution >= 4 is 22.5 Å². The van der Waals surface area contributed by atoms with Crippen molar-refractivity contribution in [3.05, 3.63) is 35.0 Å². The van der Waals surface area contributed by atoms with Crippen LogP contribution in [0.4, 0.5) is 0 Å². The summed E-state index contributed by atoms with van der Waals surface area (Å²) in [5.74, 6) is 0. The first-order valence-electron chi connectivity index (χ1n) is 5.72. The number of hydrogen-bond acceptors (Lipinski definition) is 1. The Morgan fingerprint density at radius 1 is 1.44 bits per heavy atom. The van der Waals surface area contributed by atoms with E-state index in [1.807, 2.05) is 12.1 Å². The van der Waals surface area contributed by atoms with Crippen LogP contribution in [0.5, 0.6) is 0 Å². The topological polar surface area (TPSA) is 17.0 Å². The summed E-state index contributed by atoms with van der Waals surface area (Å²) in [5, 5.41) is 5.52. The van der Waals surface area contributed by atoms with Gasteiger partial charge in [0.2, 0.25) is 0 Å². The Morgan fingerprint density at radius 2 is 2.25 bits per heavy atom. The third-order valence-electron chi connectivity index (χ3n) is 3.28. The van der Waals surface area contributed by atoms with Crippen LogP contribution < -0.4 is 5.32 Å². The van der Waals surface area contributed by atoms with E-state index < -0.39 is 0 Å². The van der Waals surface area contributed by atoms with Crippen molar-refractivity contribution in [1.82, 2.24) is 9.88 Å². The van der Waals surface area contributed by atoms with Crippen molar-refractivity contribution in [3.8, 4) is 0 Å². The summed E-state index contributed by atoms with van der Waals surface area (Å²) >= 11 is 6.18. The second-order valence-electron chi connectivity index (χ2n) is 4.52. The van der Waals surface area contributed by atoms with Gasteiger partial charge < -0.3 is 9.88 Å². The number of fused-ring (bicyclic) bond motifs is 1. The number of benzene rings is 1. The minimum atomic E-state index is 0.744. The maximum atomic E-state index is 6.18. The van der Waals surface area contributed by atoms with Crippen molar-refractivity contribution in [2.75, 3.05) is 0 Å². The fraction of sp³-hybridized carbons (Fsp3) is 0.385. The molecule has 1 heterocycles. The standard InChI is InChI=1S/C13H15ClN2/c1-16-10(8-15-9-5-6-9)7-11-12(14)3-2-4-13(11)16/h2-4,7,9,15H,5-6,8H2,1H3. The van der Waals surface area contributed by atoms with E-state index in [-0.39, 0.29) is 0 Å². The van der Waals surface area contributed by atoms with Crippen LogP contribution in [0.3, 0.4) is 0 Å². The third kappa shape index (κ3) is 1.72. The van der Waals surface area contributed by atoms with Gasteiger partial charge in [0.25, 0.3) is 0 Å². The molecule has 0 spiro atoms. The van der Waals surface area contributed by atoms with Crippen LogP contribution in [-0.4, -0.2) is 10.6 Å². The summed E-state index contributed by atoms with van der Waals surface area (Å²) in [6.07, 6.45) is 2.65. The lowest BCUT2D eigenvalue weighted by molar-refractivity contribution is 0.655. The molecule has 2 aromatic rings. The van der Waals surface area contributed by atoms with E-state index >= 15 is 0 Å². The Morgan fingerprint density at radius 3 is 2.94 bits per heavy atom. The Bertz CT molecular complexity index is 526. The molecular weight excluding hydrogens is 220 g/mol. The molecule has 0 aliphatic heterocycles. The molecular formula is C13H15ClN2. The summed E-state index contributed by atoms with van der Waals surface area (Å²) in [7, 11) is 2.10. The number of aromatic nitrogens is 1. The molecule has 2 nitrogen and oxygen atoms in total. The quantitative estimate of drug-likeness (QED) is 0.864. The second-order valence-corrected chi connectivity index (χ2v) is 4.93. The van der Waals surface area contributed by atoms with E-state index in [4.69, 9.17) is 11.6 Å². The van der Waals surface area contributed by atoms with Crippen LogP contribution in [0, 0.1) is 0 Å². The summed E-state index contributed by atoms with van der Waals surface area (Å²) in [6, 6.07) is 8.99. The number of aryl methyl sites for hydroxylation is 1. The normalized spacial score (nSPS) is 15.9. The van der Waals surface area contributed by atoms with Crippen molar-refractivity contribution < 1.29 is 0 Å². The van der Waals surface area contributed by atoms with Gasteiger partial charge in [-0.3, -0.25) is 0 Å². The van der Waals surface area contributed by atoms with E-state index in [0.29, 0.717) is 0 Å². The van der Waals surface area contributed by atoms with Crippen LogP contribution in [0.1, 0.15) is 18.5 Å². The van der Waals surface area contributed by atoms with Gasteiger partial charge in [-0.15, -0.1) is 0 Å². The molecule has 16 heavy (non-hydrogen) atoms. The lowest BCUT2D eigenvalue weighted by atomic mass is 10.2. The Hall–Kier alpha value is -0.990. The van der Waals surface area contributed by atoms with Crippen LogP contribution >= 0.6 is 11.6 Å².